The largest absolute Gasteiger partial charge is 0.337 e. The third-order valence-electron chi connectivity index (χ3n) is 5.53. The maximum atomic E-state index is 13.6. The number of hydrogen-bond acceptors (Lipinski definition) is 5. The van der Waals surface area contributed by atoms with E-state index >= 15 is 0 Å². The number of aromatic nitrogens is 4. The molecule has 0 aliphatic heterocycles. The van der Waals surface area contributed by atoms with Crippen molar-refractivity contribution in [3.63, 3.8) is 0 Å². The fourth-order valence-electron chi connectivity index (χ4n) is 3.71. The number of carbonyl (C=O) groups is 1. The first kappa shape index (κ1) is 22.5. The molecule has 1 N–H and O–H groups in total. The highest BCUT2D eigenvalue weighted by molar-refractivity contribution is 7.92. The van der Waals surface area contributed by atoms with Crippen LogP contribution in [0.5, 0.6) is 0 Å². The van der Waals surface area contributed by atoms with E-state index < -0.39 is 10.0 Å². The minimum atomic E-state index is -3.53. The molecule has 33 heavy (non-hydrogen) atoms. The zero-order valence-electron chi connectivity index (χ0n) is 19.0. The van der Waals surface area contributed by atoms with Gasteiger partial charge in [-0.05, 0) is 19.1 Å². The zero-order chi connectivity index (χ0) is 23.8. The number of carbonyl (C=O) groups excluding carboxylic acids is 1. The second kappa shape index (κ2) is 8.70. The van der Waals surface area contributed by atoms with Crippen LogP contribution in [0.25, 0.3) is 22.4 Å². The summed E-state index contributed by atoms with van der Waals surface area (Å²) in [6.07, 6.45) is 3.50. The molecule has 2 heterocycles. The Morgan fingerprint density at radius 3 is 2.52 bits per heavy atom. The number of hydrogen-bond donors (Lipinski definition) is 1. The van der Waals surface area contributed by atoms with Crippen molar-refractivity contribution in [2.24, 2.45) is 14.1 Å². The zero-order valence-corrected chi connectivity index (χ0v) is 19.8. The van der Waals surface area contributed by atoms with Gasteiger partial charge in [-0.2, -0.15) is 0 Å². The van der Waals surface area contributed by atoms with Gasteiger partial charge in [0.15, 0.2) is 0 Å². The van der Waals surface area contributed by atoms with E-state index in [-0.39, 0.29) is 11.7 Å². The van der Waals surface area contributed by atoms with E-state index in [0.29, 0.717) is 34.7 Å². The van der Waals surface area contributed by atoms with E-state index in [0.717, 1.165) is 11.4 Å². The SMILES string of the molecule is CCS(=O)(=O)Nc1cc(C(=O)N(C)Cc2nccn2C)c2c(c1)nc(-c1ccccc1)n2C. The van der Waals surface area contributed by atoms with Crippen LogP contribution in [0.3, 0.4) is 0 Å². The van der Waals surface area contributed by atoms with Gasteiger partial charge in [-0.1, -0.05) is 30.3 Å². The van der Waals surface area contributed by atoms with Gasteiger partial charge < -0.3 is 14.0 Å². The summed E-state index contributed by atoms with van der Waals surface area (Å²) >= 11 is 0. The van der Waals surface area contributed by atoms with Gasteiger partial charge in [0.25, 0.3) is 5.91 Å². The summed E-state index contributed by atoms with van der Waals surface area (Å²) in [6, 6.07) is 12.9. The van der Waals surface area contributed by atoms with Crippen molar-refractivity contribution in [3.05, 3.63) is 66.2 Å². The van der Waals surface area contributed by atoms with Crippen molar-refractivity contribution < 1.29 is 13.2 Å². The number of nitrogens with one attached hydrogen (secondary N) is 1. The molecule has 0 atom stereocenters. The summed E-state index contributed by atoms with van der Waals surface area (Å²) in [7, 11) is 1.88. The lowest BCUT2D eigenvalue weighted by atomic mass is 10.1. The van der Waals surface area contributed by atoms with Gasteiger partial charge in [-0.3, -0.25) is 9.52 Å². The molecule has 0 saturated carbocycles. The molecule has 0 radical (unpaired) electrons. The summed E-state index contributed by atoms with van der Waals surface area (Å²) in [5, 5.41) is 0. The van der Waals surface area contributed by atoms with Crippen molar-refractivity contribution in [1.82, 2.24) is 24.0 Å². The smallest absolute Gasteiger partial charge is 0.256 e. The van der Waals surface area contributed by atoms with Gasteiger partial charge in [-0.15, -0.1) is 0 Å². The van der Waals surface area contributed by atoms with Crippen LogP contribution in [0.2, 0.25) is 0 Å². The molecule has 9 nitrogen and oxygen atoms in total. The first-order valence-corrected chi connectivity index (χ1v) is 12.1. The van der Waals surface area contributed by atoms with E-state index in [1.165, 1.54) is 0 Å². The van der Waals surface area contributed by atoms with E-state index in [1.807, 2.05) is 59.8 Å². The molecule has 4 aromatic rings. The molecule has 0 saturated heterocycles. The number of rotatable bonds is 7. The molecule has 0 fully saturated rings. The average Bonchev–Trinajstić information content (AvgIpc) is 3.35. The Bertz CT molecular complexity index is 1420. The number of aryl methyl sites for hydroxylation is 2. The average molecular weight is 467 g/mol. The molecule has 0 bridgehead atoms. The molecule has 0 spiro atoms. The lowest BCUT2D eigenvalue weighted by Crippen LogP contribution is -2.28. The van der Waals surface area contributed by atoms with Crippen LogP contribution in [0, 0.1) is 0 Å². The highest BCUT2D eigenvalue weighted by atomic mass is 32.2. The van der Waals surface area contributed by atoms with Crippen molar-refractivity contribution in [2.75, 3.05) is 17.5 Å². The van der Waals surface area contributed by atoms with Crippen LogP contribution in [-0.2, 0) is 30.7 Å². The number of nitrogens with zero attached hydrogens (tertiary/aromatic N) is 5. The van der Waals surface area contributed by atoms with Gasteiger partial charge >= 0.3 is 0 Å². The lowest BCUT2D eigenvalue weighted by molar-refractivity contribution is 0.0782. The van der Waals surface area contributed by atoms with Crippen molar-refractivity contribution in [3.8, 4) is 11.4 Å². The Morgan fingerprint density at radius 2 is 1.88 bits per heavy atom. The van der Waals surface area contributed by atoms with Crippen molar-refractivity contribution in [2.45, 2.75) is 13.5 Å². The molecule has 10 heteroatoms. The standard InChI is InChI=1S/C23H26N6O3S/c1-5-33(31,32)26-17-13-18(23(30)28(3)15-20-24-11-12-27(20)2)21-19(14-17)25-22(29(21)4)16-9-7-6-8-10-16/h6-14,26H,5,15H2,1-4H3. The summed E-state index contributed by atoms with van der Waals surface area (Å²) in [4.78, 5) is 24.1. The predicted octanol–water partition coefficient (Wildman–Crippen LogP) is 3.01. The Hall–Kier alpha value is -3.66. The molecule has 0 aliphatic rings. The monoisotopic (exact) mass is 466 g/mol. The lowest BCUT2D eigenvalue weighted by Gasteiger charge is -2.19. The molecular weight excluding hydrogens is 440 g/mol. The second-order valence-electron chi connectivity index (χ2n) is 7.87. The number of fused-ring (bicyclic) bond motifs is 1. The van der Waals surface area contributed by atoms with Crippen LogP contribution in [0.1, 0.15) is 23.1 Å². The molecule has 172 valence electrons. The van der Waals surface area contributed by atoms with E-state index in [4.69, 9.17) is 4.98 Å². The topological polar surface area (TPSA) is 102 Å². The molecule has 0 aliphatic carbocycles. The number of benzene rings is 2. The van der Waals surface area contributed by atoms with Crippen molar-refractivity contribution in [1.29, 1.82) is 0 Å². The first-order chi connectivity index (χ1) is 15.7. The number of sulfonamides is 1. The highest BCUT2D eigenvalue weighted by Crippen LogP contribution is 2.30. The summed E-state index contributed by atoms with van der Waals surface area (Å²) in [5.41, 5.74) is 2.71. The van der Waals surface area contributed by atoms with Crippen LogP contribution in [0.4, 0.5) is 5.69 Å². The quantitative estimate of drug-likeness (QED) is 0.451. The van der Waals surface area contributed by atoms with E-state index in [9.17, 15) is 13.2 Å². The maximum Gasteiger partial charge on any atom is 0.256 e. The van der Waals surface area contributed by atoms with Gasteiger partial charge in [-0.25, -0.2) is 18.4 Å². The van der Waals surface area contributed by atoms with Crippen LogP contribution in [-0.4, -0.2) is 51.1 Å². The van der Waals surface area contributed by atoms with Crippen LogP contribution < -0.4 is 4.72 Å². The third-order valence-corrected chi connectivity index (χ3v) is 6.84. The molecule has 0 unspecified atom stereocenters. The molecule has 2 aromatic carbocycles. The first-order valence-electron chi connectivity index (χ1n) is 10.5. The molecular formula is C23H26N6O3S. The Kier molecular flexibility index (Phi) is 5.94. The Labute approximate surface area is 192 Å². The normalized spacial score (nSPS) is 11.6. The fourth-order valence-corrected chi connectivity index (χ4v) is 4.33. The van der Waals surface area contributed by atoms with Gasteiger partial charge in [0.2, 0.25) is 10.0 Å². The van der Waals surface area contributed by atoms with E-state index in [2.05, 4.69) is 9.71 Å². The summed E-state index contributed by atoms with van der Waals surface area (Å²) in [5.74, 6) is 1.08. The minimum absolute atomic E-state index is 0.0785. The fraction of sp³-hybridized carbons (Fsp3) is 0.261. The minimum Gasteiger partial charge on any atom is -0.337 e. The van der Waals surface area contributed by atoms with Crippen LogP contribution >= 0.6 is 0 Å². The molecule has 4 rings (SSSR count). The third kappa shape index (κ3) is 4.47. The number of anilines is 1. The van der Waals surface area contributed by atoms with Crippen LogP contribution in [0.15, 0.2) is 54.9 Å². The number of imidazole rings is 2. The predicted molar refractivity (Wildman–Crippen MR) is 128 cm³/mol. The van der Waals surface area contributed by atoms with Gasteiger partial charge in [0.1, 0.15) is 11.6 Å². The highest BCUT2D eigenvalue weighted by Gasteiger charge is 2.23. The van der Waals surface area contributed by atoms with E-state index in [1.54, 1.807) is 37.2 Å². The summed E-state index contributed by atoms with van der Waals surface area (Å²) < 4.78 is 30.7. The second-order valence-corrected chi connectivity index (χ2v) is 9.88. The Morgan fingerprint density at radius 1 is 1.15 bits per heavy atom. The van der Waals surface area contributed by atoms with Gasteiger partial charge in [0.05, 0.1) is 34.6 Å². The Balaban J connectivity index is 1.85. The molecule has 2 aromatic heterocycles. The van der Waals surface area contributed by atoms with Gasteiger partial charge in [0, 0.05) is 39.1 Å². The maximum absolute atomic E-state index is 13.6. The number of amides is 1. The molecule has 1 amide bonds. The summed E-state index contributed by atoms with van der Waals surface area (Å²) in [6.45, 7) is 1.86. The van der Waals surface area contributed by atoms with Crippen molar-refractivity contribution >= 4 is 32.7 Å².